The third-order valence-corrected chi connectivity index (χ3v) is 4.35. The quantitative estimate of drug-likeness (QED) is 0.628. The molecule has 2 rings (SSSR count). The maximum Gasteiger partial charge on any atom is 0.321 e. The molecule has 1 aromatic carbocycles. The largest absolute Gasteiger partial charge is 0.496 e. The van der Waals surface area contributed by atoms with Crippen LogP contribution in [0.4, 0.5) is 0 Å². The van der Waals surface area contributed by atoms with Gasteiger partial charge in [-0.05, 0) is 23.3 Å². The van der Waals surface area contributed by atoms with Gasteiger partial charge in [-0.1, -0.05) is 0 Å². The Labute approximate surface area is 144 Å². The Balaban J connectivity index is 2.38. The first-order valence-corrected chi connectivity index (χ1v) is 7.69. The number of rotatable bonds is 9. The number of hydrogen-bond donors (Lipinski definition) is 2. The molecule has 25 heavy (non-hydrogen) atoms. The number of carbonyl (C=O) groups excluding carboxylic acids is 2. The predicted octanol–water partition coefficient (Wildman–Crippen LogP) is 0.810. The summed E-state index contributed by atoms with van der Waals surface area (Å²) in [6.45, 7) is 0.604. The molecule has 0 radical (unpaired) electrons. The smallest absolute Gasteiger partial charge is 0.321 e. The number of hydrogen-bond acceptors (Lipinski definition) is 6. The van der Waals surface area contributed by atoms with Gasteiger partial charge in [0.1, 0.15) is 24.4 Å². The zero-order valence-electron chi connectivity index (χ0n) is 13.7. The standard InChI is InChI=1S/C17H19NO7/c1-25-15-7-11-9-18(14(3-5-20)17(23)24)8-10(11)6-13(15)12(2-4-19)16(21)22/h4-7,12,14H,2-3,8-9H2,1H3,(H,21,22)(H,23,24). The lowest BCUT2D eigenvalue weighted by atomic mass is 9.92. The molecule has 0 saturated carbocycles. The van der Waals surface area contributed by atoms with Gasteiger partial charge in [-0.3, -0.25) is 14.5 Å². The number of carboxylic acids is 2. The third kappa shape index (κ3) is 3.85. The Morgan fingerprint density at radius 2 is 1.72 bits per heavy atom. The van der Waals surface area contributed by atoms with Crippen molar-refractivity contribution in [1.82, 2.24) is 4.90 Å². The summed E-state index contributed by atoms with van der Waals surface area (Å²) in [5.74, 6) is -2.91. The molecule has 2 unspecified atom stereocenters. The molecule has 0 aromatic heterocycles. The van der Waals surface area contributed by atoms with Crippen molar-refractivity contribution in [1.29, 1.82) is 0 Å². The highest BCUT2D eigenvalue weighted by Gasteiger charge is 2.33. The summed E-state index contributed by atoms with van der Waals surface area (Å²) in [6, 6.07) is 2.38. The SMILES string of the molecule is COc1cc2c(cc1C(CC=O)C(=O)O)CN(C(CC=O)C(=O)O)C2. The van der Waals surface area contributed by atoms with Gasteiger partial charge in [-0.2, -0.15) is 0 Å². The lowest BCUT2D eigenvalue weighted by molar-refractivity contribution is -0.144. The van der Waals surface area contributed by atoms with Gasteiger partial charge >= 0.3 is 11.9 Å². The molecule has 2 atom stereocenters. The second kappa shape index (κ2) is 7.89. The Morgan fingerprint density at radius 1 is 1.12 bits per heavy atom. The summed E-state index contributed by atoms with van der Waals surface area (Å²) in [5, 5.41) is 18.7. The van der Waals surface area contributed by atoms with Crippen LogP contribution in [0.25, 0.3) is 0 Å². The fraction of sp³-hybridized carbons (Fsp3) is 0.412. The molecular formula is C17H19NO7. The number of nitrogens with zero attached hydrogens (tertiary/aromatic N) is 1. The summed E-state index contributed by atoms with van der Waals surface area (Å²) in [5.41, 5.74) is 1.96. The first-order chi connectivity index (χ1) is 11.9. The number of carboxylic acid groups (broad SMARTS) is 2. The normalized spacial score (nSPS) is 15.9. The van der Waals surface area contributed by atoms with Crippen molar-refractivity contribution < 1.29 is 34.1 Å². The van der Waals surface area contributed by atoms with E-state index in [1.165, 1.54) is 7.11 Å². The summed E-state index contributed by atoms with van der Waals surface area (Å²) in [7, 11) is 1.41. The lowest BCUT2D eigenvalue weighted by Gasteiger charge is -2.21. The predicted molar refractivity (Wildman–Crippen MR) is 85.4 cm³/mol. The monoisotopic (exact) mass is 349 g/mol. The van der Waals surface area contributed by atoms with E-state index in [2.05, 4.69) is 0 Å². The van der Waals surface area contributed by atoms with E-state index in [-0.39, 0.29) is 19.4 Å². The Bertz CT molecular complexity index is 700. The molecule has 0 saturated heterocycles. The number of ether oxygens (including phenoxy) is 1. The maximum atomic E-state index is 11.5. The van der Waals surface area contributed by atoms with Crippen molar-refractivity contribution in [2.24, 2.45) is 0 Å². The van der Waals surface area contributed by atoms with Crippen LogP contribution >= 0.6 is 0 Å². The van der Waals surface area contributed by atoms with Crippen molar-refractivity contribution in [3.63, 3.8) is 0 Å². The van der Waals surface area contributed by atoms with Crippen LogP contribution in [0.15, 0.2) is 12.1 Å². The van der Waals surface area contributed by atoms with Crippen LogP contribution in [0.2, 0.25) is 0 Å². The van der Waals surface area contributed by atoms with Gasteiger partial charge in [-0.25, -0.2) is 0 Å². The lowest BCUT2D eigenvalue weighted by Crippen LogP contribution is -2.37. The van der Waals surface area contributed by atoms with E-state index in [4.69, 9.17) is 4.74 Å². The molecule has 1 aromatic rings. The Morgan fingerprint density at radius 3 is 2.20 bits per heavy atom. The second-order valence-corrected chi connectivity index (χ2v) is 5.82. The third-order valence-electron chi connectivity index (χ3n) is 4.35. The van der Waals surface area contributed by atoms with Crippen LogP contribution in [-0.4, -0.2) is 52.8 Å². The maximum absolute atomic E-state index is 11.5. The van der Waals surface area contributed by atoms with Gasteiger partial charge in [0.25, 0.3) is 0 Å². The minimum atomic E-state index is -1.13. The number of aldehydes is 2. The first kappa shape index (κ1) is 18.6. The molecule has 1 heterocycles. The van der Waals surface area contributed by atoms with Crippen LogP contribution in [0.5, 0.6) is 5.75 Å². The Hall–Kier alpha value is -2.74. The zero-order valence-corrected chi connectivity index (χ0v) is 13.7. The Kier molecular flexibility index (Phi) is 5.87. The molecule has 0 amide bonds. The van der Waals surface area contributed by atoms with Gasteiger partial charge in [0.2, 0.25) is 0 Å². The molecule has 0 spiro atoms. The van der Waals surface area contributed by atoms with Gasteiger partial charge in [0.15, 0.2) is 0 Å². The minimum Gasteiger partial charge on any atom is -0.496 e. The van der Waals surface area contributed by atoms with E-state index >= 15 is 0 Å². The number of fused-ring (bicyclic) bond motifs is 1. The average Bonchev–Trinajstić information content (AvgIpc) is 2.97. The summed E-state index contributed by atoms with van der Waals surface area (Å²) in [6.07, 6.45) is 0.800. The van der Waals surface area contributed by atoms with Gasteiger partial charge in [0.05, 0.1) is 13.0 Å². The molecule has 8 nitrogen and oxygen atoms in total. The van der Waals surface area contributed by atoms with Gasteiger partial charge in [0, 0.05) is 31.5 Å². The van der Waals surface area contributed by atoms with Crippen LogP contribution in [0.1, 0.15) is 35.4 Å². The molecule has 1 aliphatic rings. The molecule has 2 N–H and O–H groups in total. The number of carbonyl (C=O) groups is 4. The molecule has 1 aliphatic heterocycles. The minimum absolute atomic E-state index is 0.129. The summed E-state index contributed by atoms with van der Waals surface area (Å²) in [4.78, 5) is 46.0. The molecule has 0 fully saturated rings. The van der Waals surface area contributed by atoms with E-state index in [0.717, 1.165) is 11.1 Å². The van der Waals surface area contributed by atoms with E-state index in [1.54, 1.807) is 17.0 Å². The highest BCUT2D eigenvalue weighted by atomic mass is 16.5. The summed E-state index contributed by atoms with van der Waals surface area (Å²) < 4.78 is 5.27. The fourth-order valence-corrected chi connectivity index (χ4v) is 3.10. The van der Waals surface area contributed by atoms with Crippen LogP contribution in [-0.2, 0) is 32.3 Å². The van der Waals surface area contributed by atoms with Crippen LogP contribution < -0.4 is 4.74 Å². The summed E-state index contributed by atoms with van der Waals surface area (Å²) >= 11 is 0. The zero-order chi connectivity index (χ0) is 18.6. The molecule has 0 bridgehead atoms. The van der Waals surface area contributed by atoms with E-state index < -0.39 is 23.9 Å². The second-order valence-electron chi connectivity index (χ2n) is 5.82. The van der Waals surface area contributed by atoms with Gasteiger partial charge < -0.3 is 24.5 Å². The fourth-order valence-electron chi connectivity index (χ4n) is 3.10. The van der Waals surface area contributed by atoms with Crippen LogP contribution in [0, 0.1) is 0 Å². The highest BCUT2D eigenvalue weighted by Crippen LogP contribution is 2.36. The van der Waals surface area contributed by atoms with Crippen molar-refractivity contribution in [2.45, 2.75) is 37.9 Å². The first-order valence-electron chi connectivity index (χ1n) is 7.69. The number of benzene rings is 1. The number of aliphatic carboxylic acids is 2. The molecular weight excluding hydrogens is 330 g/mol. The van der Waals surface area contributed by atoms with Gasteiger partial charge in [-0.15, -0.1) is 0 Å². The van der Waals surface area contributed by atoms with Crippen molar-refractivity contribution >= 4 is 24.5 Å². The number of methoxy groups -OCH3 is 1. The van der Waals surface area contributed by atoms with Crippen molar-refractivity contribution in [3.05, 3.63) is 28.8 Å². The molecule has 0 aliphatic carbocycles. The van der Waals surface area contributed by atoms with Crippen LogP contribution in [0.3, 0.4) is 0 Å². The highest BCUT2D eigenvalue weighted by molar-refractivity contribution is 5.81. The van der Waals surface area contributed by atoms with E-state index in [9.17, 15) is 29.4 Å². The van der Waals surface area contributed by atoms with E-state index in [1.807, 2.05) is 0 Å². The topological polar surface area (TPSA) is 121 Å². The molecule has 8 heteroatoms. The van der Waals surface area contributed by atoms with E-state index in [0.29, 0.717) is 30.4 Å². The van der Waals surface area contributed by atoms with Crippen molar-refractivity contribution in [2.75, 3.05) is 7.11 Å². The molecule has 134 valence electrons. The van der Waals surface area contributed by atoms with Crippen molar-refractivity contribution in [3.8, 4) is 5.75 Å². The average molecular weight is 349 g/mol.